The van der Waals surface area contributed by atoms with Crippen LogP contribution < -0.4 is 20.5 Å². The summed E-state index contributed by atoms with van der Waals surface area (Å²) in [5, 5.41) is 3.17. The Hall–Kier alpha value is -2.02. The van der Waals surface area contributed by atoms with Crippen LogP contribution in [-0.2, 0) is 0 Å². The van der Waals surface area contributed by atoms with Crippen molar-refractivity contribution in [2.75, 3.05) is 25.6 Å². The predicted molar refractivity (Wildman–Crippen MR) is 94.4 cm³/mol. The molecule has 0 aliphatic rings. The number of carbonyl (C=O) groups excluding carboxylic acids is 1. The van der Waals surface area contributed by atoms with E-state index in [-0.39, 0.29) is 16.0 Å². The van der Waals surface area contributed by atoms with Crippen molar-refractivity contribution in [2.24, 2.45) is 5.73 Å². The summed E-state index contributed by atoms with van der Waals surface area (Å²) in [7, 11) is 1.53. The maximum atomic E-state index is 12.4. The summed E-state index contributed by atoms with van der Waals surface area (Å²) in [6.07, 6.45) is 3.50. The molecule has 8 heteroatoms. The molecule has 1 aromatic heterocycles. The minimum absolute atomic E-state index is 0.254. The van der Waals surface area contributed by atoms with Crippen LogP contribution in [0.5, 0.6) is 11.5 Å². The van der Waals surface area contributed by atoms with Gasteiger partial charge in [-0.15, -0.1) is 0 Å². The lowest BCUT2D eigenvalue weighted by atomic mass is 10.2. The minimum atomic E-state index is -0.378. The van der Waals surface area contributed by atoms with Crippen LogP contribution in [0, 0.1) is 0 Å². The van der Waals surface area contributed by atoms with Gasteiger partial charge in [0.15, 0.2) is 11.5 Å². The average Bonchev–Trinajstić information content (AvgIpc) is 2.58. The fraction of sp³-hybridized carbons (Fsp3) is 0.250. The Morgan fingerprint density at radius 3 is 2.58 bits per heavy atom. The first kappa shape index (κ1) is 18.3. The summed E-state index contributed by atoms with van der Waals surface area (Å²) in [5.41, 5.74) is 6.13. The number of ether oxygens (including phenoxy) is 2. The number of benzene rings is 1. The van der Waals surface area contributed by atoms with Crippen LogP contribution in [0.25, 0.3) is 0 Å². The molecule has 1 heterocycles. The van der Waals surface area contributed by atoms with E-state index in [1.807, 2.05) is 0 Å². The lowest BCUT2D eigenvalue weighted by Gasteiger charge is -2.13. The first-order valence-corrected chi connectivity index (χ1v) is 7.93. The fourth-order valence-electron chi connectivity index (χ4n) is 1.91. The Labute approximate surface area is 149 Å². The van der Waals surface area contributed by atoms with Crippen LogP contribution in [0.2, 0.25) is 10.0 Å². The van der Waals surface area contributed by atoms with E-state index in [0.29, 0.717) is 42.3 Å². The third-order valence-electron chi connectivity index (χ3n) is 3.12. The van der Waals surface area contributed by atoms with Gasteiger partial charge >= 0.3 is 0 Å². The number of amides is 1. The van der Waals surface area contributed by atoms with Gasteiger partial charge in [0, 0.05) is 18.0 Å². The van der Waals surface area contributed by atoms with Crippen LogP contribution >= 0.6 is 23.2 Å². The number of halogens is 2. The van der Waals surface area contributed by atoms with Gasteiger partial charge in [0.2, 0.25) is 0 Å². The van der Waals surface area contributed by atoms with Crippen LogP contribution in [0.15, 0.2) is 30.6 Å². The molecule has 0 bridgehead atoms. The number of carbonyl (C=O) groups is 1. The molecule has 0 aliphatic carbocycles. The first-order chi connectivity index (χ1) is 11.6. The van der Waals surface area contributed by atoms with Gasteiger partial charge in [0.05, 0.1) is 29.4 Å². The number of anilines is 1. The lowest BCUT2D eigenvalue weighted by molar-refractivity contribution is 0.102. The second kappa shape index (κ2) is 8.73. The van der Waals surface area contributed by atoms with Crippen molar-refractivity contribution in [2.45, 2.75) is 6.42 Å². The van der Waals surface area contributed by atoms with Gasteiger partial charge in [-0.3, -0.25) is 9.78 Å². The number of nitrogens with zero attached hydrogens (tertiary/aromatic N) is 1. The van der Waals surface area contributed by atoms with Crippen molar-refractivity contribution in [3.05, 3.63) is 46.2 Å². The van der Waals surface area contributed by atoms with E-state index in [0.717, 1.165) is 0 Å². The zero-order valence-electron chi connectivity index (χ0n) is 13.0. The van der Waals surface area contributed by atoms with Gasteiger partial charge < -0.3 is 20.5 Å². The van der Waals surface area contributed by atoms with E-state index in [1.54, 1.807) is 18.2 Å². The molecular weight excluding hydrogens is 353 g/mol. The highest BCUT2D eigenvalue weighted by Gasteiger charge is 2.14. The molecule has 0 fully saturated rings. The smallest absolute Gasteiger partial charge is 0.255 e. The second-order valence-corrected chi connectivity index (χ2v) is 5.60. The van der Waals surface area contributed by atoms with Crippen molar-refractivity contribution < 1.29 is 14.3 Å². The third kappa shape index (κ3) is 4.50. The Kier molecular flexibility index (Phi) is 6.66. The number of aromatic nitrogens is 1. The quantitative estimate of drug-likeness (QED) is 0.730. The second-order valence-electron chi connectivity index (χ2n) is 4.79. The number of pyridine rings is 1. The molecule has 0 aliphatic heterocycles. The van der Waals surface area contributed by atoms with Crippen molar-refractivity contribution in [1.82, 2.24) is 4.98 Å². The summed E-state index contributed by atoms with van der Waals surface area (Å²) in [6, 6.07) is 4.86. The van der Waals surface area contributed by atoms with Gasteiger partial charge in [-0.2, -0.15) is 0 Å². The van der Waals surface area contributed by atoms with Gasteiger partial charge in [-0.05, 0) is 31.2 Å². The molecule has 0 spiro atoms. The SMILES string of the molecule is COc1ccc(C(=O)Nc2c(Cl)cncc2Cl)cc1OCCCN. The molecule has 0 saturated heterocycles. The zero-order valence-corrected chi connectivity index (χ0v) is 14.5. The summed E-state index contributed by atoms with van der Waals surface area (Å²) in [4.78, 5) is 16.3. The summed E-state index contributed by atoms with van der Waals surface area (Å²) in [5.74, 6) is 0.616. The predicted octanol–water partition coefficient (Wildman–Crippen LogP) is 3.38. The highest BCUT2D eigenvalue weighted by Crippen LogP contribution is 2.31. The maximum Gasteiger partial charge on any atom is 0.255 e. The number of methoxy groups -OCH3 is 1. The Morgan fingerprint density at radius 2 is 1.96 bits per heavy atom. The zero-order chi connectivity index (χ0) is 17.5. The van der Waals surface area contributed by atoms with Crippen molar-refractivity contribution in [1.29, 1.82) is 0 Å². The van der Waals surface area contributed by atoms with E-state index in [2.05, 4.69) is 10.3 Å². The molecule has 0 saturated carbocycles. The molecular formula is C16H17Cl2N3O3. The lowest BCUT2D eigenvalue weighted by Crippen LogP contribution is -2.13. The molecule has 1 aromatic carbocycles. The fourth-order valence-corrected chi connectivity index (χ4v) is 2.37. The summed E-state index contributed by atoms with van der Waals surface area (Å²) < 4.78 is 10.8. The maximum absolute atomic E-state index is 12.4. The van der Waals surface area contributed by atoms with Crippen LogP contribution in [0.3, 0.4) is 0 Å². The number of rotatable bonds is 7. The number of nitrogens with one attached hydrogen (secondary N) is 1. The largest absolute Gasteiger partial charge is 0.493 e. The molecule has 2 aromatic rings. The number of hydrogen-bond donors (Lipinski definition) is 2. The molecule has 3 N–H and O–H groups in total. The third-order valence-corrected chi connectivity index (χ3v) is 3.70. The Bertz CT molecular complexity index is 705. The van der Waals surface area contributed by atoms with Crippen molar-refractivity contribution in [3.8, 4) is 11.5 Å². The molecule has 24 heavy (non-hydrogen) atoms. The average molecular weight is 370 g/mol. The van der Waals surface area contributed by atoms with Gasteiger partial charge in [-0.1, -0.05) is 23.2 Å². The molecule has 0 atom stereocenters. The van der Waals surface area contributed by atoms with Gasteiger partial charge in [0.25, 0.3) is 5.91 Å². The monoisotopic (exact) mass is 369 g/mol. The van der Waals surface area contributed by atoms with E-state index in [1.165, 1.54) is 19.5 Å². The first-order valence-electron chi connectivity index (χ1n) is 7.18. The Balaban J connectivity index is 2.21. The van der Waals surface area contributed by atoms with E-state index < -0.39 is 0 Å². The van der Waals surface area contributed by atoms with Crippen LogP contribution in [0.4, 0.5) is 5.69 Å². The van der Waals surface area contributed by atoms with Crippen molar-refractivity contribution in [3.63, 3.8) is 0 Å². The van der Waals surface area contributed by atoms with E-state index in [9.17, 15) is 4.79 Å². The summed E-state index contributed by atoms with van der Waals surface area (Å²) in [6.45, 7) is 0.946. The number of nitrogens with two attached hydrogens (primary N) is 1. The minimum Gasteiger partial charge on any atom is -0.493 e. The van der Waals surface area contributed by atoms with Crippen LogP contribution in [-0.4, -0.2) is 31.2 Å². The molecule has 1 amide bonds. The van der Waals surface area contributed by atoms with E-state index >= 15 is 0 Å². The molecule has 0 radical (unpaired) electrons. The standard InChI is InChI=1S/C16H17Cl2N3O3/c1-23-13-4-3-10(7-14(13)24-6-2-5-19)16(22)21-15-11(17)8-20-9-12(15)18/h3-4,7-9H,2,5-6,19H2,1H3,(H,20,21,22). The van der Waals surface area contributed by atoms with E-state index in [4.69, 9.17) is 38.4 Å². The van der Waals surface area contributed by atoms with Crippen molar-refractivity contribution >= 4 is 34.8 Å². The van der Waals surface area contributed by atoms with Gasteiger partial charge in [-0.25, -0.2) is 0 Å². The normalized spacial score (nSPS) is 10.3. The molecule has 0 unspecified atom stereocenters. The molecule has 128 valence electrons. The topological polar surface area (TPSA) is 86.5 Å². The van der Waals surface area contributed by atoms with Crippen LogP contribution in [0.1, 0.15) is 16.8 Å². The highest BCUT2D eigenvalue weighted by molar-refractivity contribution is 6.39. The summed E-state index contributed by atoms with van der Waals surface area (Å²) >= 11 is 12.0. The molecule has 6 nitrogen and oxygen atoms in total. The highest BCUT2D eigenvalue weighted by atomic mass is 35.5. The molecule has 2 rings (SSSR count). The Morgan fingerprint density at radius 1 is 1.25 bits per heavy atom. The number of hydrogen-bond acceptors (Lipinski definition) is 5. The van der Waals surface area contributed by atoms with Gasteiger partial charge in [0.1, 0.15) is 0 Å².